The summed E-state index contributed by atoms with van der Waals surface area (Å²) in [5.74, 6) is -0.138. The van der Waals surface area contributed by atoms with E-state index in [0.717, 1.165) is 23.1 Å². The third-order valence-corrected chi connectivity index (χ3v) is 5.76. The van der Waals surface area contributed by atoms with Gasteiger partial charge in [-0.3, -0.25) is 0 Å². The topological polar surface area (TPSA) is 0 Å². The Hall–Kier alpha value is -2.15. The molecule has 1 heteroatoms. The van der Waals surface area contributed by atoms with E-state index < -0.39 is 0 Å². The normalized spacial score (nSPS) is 19.1. The minimum absolute atomic E-state index is 0.138. The quantitative estimate of drug-likeness (QED) is 0.415. The van der Waals surface area contributed by atoms with Gasteiger partial charge in [0.05, 0.1) is 0 Å². The van der Waals surface area contributed by atoms with Gasteiger partial charge in [0.15, 0.2) is 0 Å². The molecule has 0 aliphatic heterocycles. The smallest absolute Gasteiger partial charge is 0.131 e. The lowest BCUT2D eigenvalue weighted by atomic mass is 9.72. The van der Waals surface area contributed by atoms with Gasteiger partial charge in [0.1, 0.15) is 5.82 Å². The Kier molecular flexibility index (Phi) is 6.66. The van der Waals surface area contributed by atoms with Crippen LogP contribution < -0.4 is 0 Å². The van der Waals surface area contributed by atoms with E-state index in [1.807, 2.05) is 42.5 Å². The van der Waals surface area contributed by atoms with Gasteiger partial charge in [-0.1, -0.05) is 100 Å². The lowest BCUT2D eigenvalue weighted by molar-refractivity contribution is 0.308. The Balaban J connectivity index is 1.78. The zero-order chi connectivity index (χ0) is 19.1. The lowest BCUT2D eigenvalue weighted by Crippen LogP contribution is -2.19. The highest BCUT2D eigenvalue weighted by molar-refractivity contribution is 5.77. The van der Waals surface area contributed by atoms with Gasteiger partial charge in [-0.15, -0.1) is 0 Å². The van der Waals surface area contributed by atoms with E-state index >= 15 is 0 Å². The predicted octanol–water partition coefficient (Wildman–Crippen LogP) is 8.20. The number of allylic oxidation sites excluding steroid dienone is 4. The highest BCUT2D eigenvalue weighted by atomic mass is 19.1. The summed E-state index contributed by atoms with van der Waals surface area (Å²) in [5, 5.41) is 0. The van der Waals surface area contributed by atoms with Crippen molar-refractivity contribution >= 4 is 5.57 Å². The van der Waals surface area contributed by atoms with E-state index in [4.69, 9.17) is 0 Å². The first-order valence-corrected chi connectivity index (χ1v) is 10.4. The molecule has 1 unspecified atom stereocenters. The van der Waals surface area contributed by atoms with Crippen molar-refractivity contribution in [2.45, 2.75) is 58.8 Å². The van der Waals surface area contributed by atoms with Crippen molar-refractivity contribution in [2.75, 3.05) is 0 Å². The maximum Gasteiger partial charge on any atom is 0.131 e. The van der Waals surface area contributed by atoms with Crippen LogP contribution in [0.2, 0.25) is 0 Å². The summed E-state index contributed by atoms with van der Waals surface area (Å²) in [5.41, 5.74) is 3.98. The van der Waals surface area contributed by atoms with E-state index in [2.05, 4.69) is 32.1 Å². The van der Waals surface area contributed by atoms with Gasteiger partial charge >= 0.3 is 0 Å². The minimum atomic E-state index is -0.138. The molecule has 142 valence electrons. The predicted molar refractivity (Wildman–Crippen MR) is 115 cm³/mol. The molecule has 0 bridgehead atoms. The number of hydrogen-bond acceptors (Lipinski definition) is 0. The van der Waals surface area contributed by atoms with Gasteiger partial charge in [-0.2, -0.15) is 0 Å². The molecule has 3 rings (SSSR count). The van der Waals surface area contributed by atoms with Gasteiger partial charge in [-0.25, -0.2) is 4.39 Å². The lowest BCUT2D eigenvalue weighted by Gasteiger charge is -2.32. The molecule has 0 fully saturated rings. The van der Waals surface area contributed by atoms with Crippen LogP contribution >= 0.6 is 0 Å². The first kappa shape index (κ1) is 19.6. The van der Waals surface area contributed by atoms with Gasteiger partial charge < -0.3 is 0 Å². The van der Waals surface area contributed by atoms with Crippen LogP contribution in [-0.4, -0.2) is 0 Å². The van der Waals surface area contributed by atoms with E-state index in [1.54, 1.807) is 6.07 Å². The van der Waals surface area contributed by atoms with Gasteiger partial charge in [0.25, 0.3) is 0 Å². The van der Waals surface area contributed by atoms with Crippen LogP contribution in [0.15, 0.2) is 66.8 Å². The molecule has 0 saturated carbocycles. The average molecular weight is 363 g/mol. The van der Waals surface area contributed by atoms with Crippen molar-refractivity contribution in [3.63, 3.8) is 0 Å². The summed E-state index contributed by atoms with van der Waals surface area (Å²) in [6, 6.07) is 15.6. The molecular formula is C26H31F. The Bertz CT molecular complexity index is 800. The van der Waals surface area contributed by atoms with Crippen molar-refractivity contribution in [1.29, 1.82) is 0 Å². The summed E-state index contributed by atoms with van der Waals surface area (Å²) >= 11 is 0. The molecule has 2 aromatic rings. The molecule has 0 amide bonds. The molecule has 1 aliphatic rings. The summed E-state index contributed by atoms with van der Waals surface area (Å²) in [4.78, 5) is 0. The molecule has 0 nitrogen and oxygen atoms in total. The number of hydrogen-bond donors (Lipinski definition) is 0. The summed E-state index contributed by atoms with van der Waals surface area (Å²) in [7, 11) is 0. The van der Waals surface area contributed by atoms with Gasteiger partial charge in [0.2, 0.25) is 0 Å². The Morgan fingerprint density at radius 2 is 1.70 bits per heavy atom. The molecule has 27 heavy (non-hydrogen) atoms. The second kappa shape index (κ2) is 9.17. The van der Waals surface area contributed by atoms with Crippen LogP contribution in [-0.2, 0) is 0 Å². The van der Waals surface area contributed by atoms with Crippen LogP contribution in [0.5, 0.6) is 0 Å². The van der Waals surface area contributed by atoms with Crippen LogP contribution in [0.1, 0.15) is 64.4 Å². The zero-order valence-electron chi connectivity index (χ0n) is 16.7. The molecule has 0 N–H and O–H groups in total. The SMILES string of the molecule is CCCCCC1(CCC)C=CC(c2ccc(-c3ccccc3)cc2F)=CC1. The number of halogens is 1. The fourth-order valence-electron chi connectivity index (χ4n) is 4.20. The Morgan fingerprint density at radius 3 is 2.33 bits per heavy atom. The van der Waals surface area contributed by atoms with Crippen molar-refractivity contribution in [2.24, 2.45) is 5.41 Å². The monoisotopic (exact) mass is 362 g/mol. The summed E-state index contributed by atoms with van der Waals surface area (Å²) < 4.78 is 14.8. The maximum atomic E-state index is 14.8. The van der Waals surface area contributed by atoms with Crippen molar-refractivity contribution in [3.05, 3.63) is 78.1 Å². The fraction of sp³-hybridized carbons (Fsp3) is 0.385. The first-order chi connectivity index (χ1) is 13.2. The van der Waals surface area contributed by atoms with Gasteiger partial charge in [0, 0.05) is 5.56 Å². The molecular weight excluding hydrogens is 331 g/mol. The van der Waals surface area contributed by atoms with Crippen LogP contribution in [0.25, 0.3) is 16.7 Å². The number of benzene rings is 2. The summed E-state index contributed by atoms with van der Waals surface area (Å²) in [6.45, 7) is 4.51. The molecule has 1 atom stereocenters. The molecule has 0 heterocycles. The molecule has 0 spiro atoms. The molecule has 2 aromatic carbocycles. The Labute approximate surface area is 163 Å². The maximum absolute atomic E-state index is 14.8. The molecule has 0 saturated heterocycles. The van der Waals surface area contributed by atoms with E-state index in [1.165, 1.54) is 38.5 Å². The van der Waals surface area contributed by atoms with Gasteiger partial charge in [-0.05, 0) is 47.4 Å². The third kappa shape index (κ3) is 4.77. The first-order valence-electron chi connectivity index (χ1n) is 10.4. The number of unbranched alkanes of at least 4 members (excludes halogenated alkanes) is 2. The second-order valence-electron chi connectivity index (χ2n) is 7.83. The largest absolute Gasteiger partial charge is 0.206 e. The average Bonchev–Trinajstić information content (AvgIpc) is 2.70. The zero-order valence-corrected chi connectivity index (χ0v) is 16.7. The Morgan fingerprint density at radius 1 is 0.889 bits per heavy atom. The third-order valence-electron chi connectivity index (χ3n) is 5.76. The molecule has 0 radical (unpaired) electrons. The number of rotatable bonds is 8. The van der Waals surface area contributed by atoms with Crippen LogP contribution in [0, 0.1) is 11.2 Å². The van der Waals surface area contributed by atoms with E-state index in [9.17, 15) is 4.39 Å². The fourth-order valence-corrected chi connectivity index (χ4v) is 4.20. The highest BCUT2D eigenvalue weighted by Crippen LogP contribution is 2.41. The van der Waals surface area contributed by atoms with Crippen molar-refractivity contribution < 1.29 is 4.39 Å². The van der Waals surface area contributed by atoms with Crippen molar-refractivity contribution in [3.8, 4) is 11.1 Å². The molecule has 1 aliphatic carbocycles. The van der Waals surface area contributed by atoms with Crippen molar-refractivity contribution in [1.82, 2.24) is 0 Å². The standard InChI is InChI=1S/C26H31F/c1-3-5-9-17-26(16-4-2)18-14-22(15-19-26)24-13-12-23(20-25(24)27)21-10-7-6-8-11-21/h6-8,10-15,18,20H,3-5,9,16-17,19H2,1-2H3. The van der Waals surface area contributed by atoms with Crippen LogP contribution in [0.3, 0.4) is 0 Å². The minimum Gasteiger partial charge on any atom is -0.206 e. The van der Waals surface area contributed by atoms with E-state index in [-0.39, 0.29) is 11.2 Å². The summed E-state index contributed by atoms with van der Waals surface area (Å²) in [6.07, 6.45) is 15.3. The van der Waals surface area contributed by atoms with Crippen LogP contribution in [0.4, 0.5) is 4.39 Å². The second-order valence-corrected chi connectivity index (χ2v) is 7.83. The van der Waals surface area contributed by atoms with E-state index in [0.29, 0.717) is 5.56 Å². The molecule has 0 aromatic heterocycles. The highest BCUT2D eigenvalue weighted by Gasteiger charge is 2.27.